The van der Waals surface area contributed by atoms with Gasteiger partial charge in [0.1, 0.15) is 5.75 Å². The molecule has 0 aromatic heterocycles. The van der Waals surface area contributed by atoms with Crippen molar-refractivity contribution in [3.8, 4) is 5.75 Å². The van der Waals surface area contributed by atoms with E-state index < -0.39 is 0 Å². The second-order valence-corrected chi connectivity index (χ2v) is 5.61. The van der Waals surface area contributed by atoms with Crippen LogP contribution in [0.2, 0.25) is 0 Å². The second-order valence-electron chi connectivity index (χ2n) is 5.61. The third-order valence-electron chi connectivity index (χ3n) is 4.06. The molecule has 1 aromatic carbocycles. The summed E-state index contributed by atoms with van der Waals surface area (Å²) in [7, 11) is 0. The third-order valence-corrected chi connectivity index (χ3v) is 4.06. The molecule has 1 aliphatic carbocycles. The Hall–Kier alpha value is -1.18. The summed E-state index contributed by atoms with van der Waals surface area (Å²) in [5.74, 6) is 1.94. The molecule has 1 aliphatic rings. The van der Waals surface area contributed by atoms with Crippen molar-refractivity contribution in [2.24, 2.45) is 5.92 Å². The maximum absolute atomic E-state index is 5.54. The van der Waals surface area contributed by atoms with Crippen molar-refractivity contribution in [1.82, 2.24) is 0 Å². The quantitative estimate of drug-likeness (QED) is 0.790. The molecule has 0 aliphatic heterocycles. The van der Waals surface area contributed by atoms with Gasteiger partial charge in [-0.3, -0.25) is 0 Å². The Kier molecular flexibility index (Phi) is 5.56. The molecule has 1 N–H and O–H groups in total. The van der Waals surface area contributed by atoms with Gasteiger partial charge in [0.05, 0.1) is 6.61 Å². The lowest BCUT2D eigenvalue weighted by molar-refractivity contribution is 0.318. The first-order chi connectivity index (χ1) is 9.31. The molecule has 19 heavy (non-hydrogen) atoms. The summed E-state index contributed by atoms with van der Waals surface area (Å²) in [6.07, 6.45) is 8.13. The molecule has 0 bridgehead atoms. The number of hydrogen-bond acceptors (Lipinski definition) is 2. The van der Waals surface area contributed by atoms with Gasteiger partial charge in [0.25, 0.3) is 0 Å². The first-order valence-electron chi connectivity index (χ1n) is 7.81. The van der Waals surface area contributed by atoms with Crippen LogP contribution in [0.4, 0.5) is 5.69 Å². The lowest BCUT2D eigenvalue weighted by Gasteiger charge is -2.29. The van der Waals surface area contributed by atoms with Crippen molar-refractivity contribution < 1.29 is 4.74 Å². The molecule has 0 radical (unpaired) electrons. The van der Waals surface area contributed by atoms with Crippen LogP contribution in [0.25, 0.3) is 0 Å². The lowest BCUT2D eigenvalue weighted by Crippen LogP contribution is -2.26. The number of benzene rings is 1. The summed E-state index contributed by atoms with van der Waals surface area (Å²) in [4.78, 5) is 0. The highest BCUT2D eigenvalue weighted by atomic mass is 16.5. The van der Waals surface area contributed by atoms with Crippen LogP contribution in [0.3, 0.4) is 0 Å². The van der Waals surface area contributed by atoms with Gasteiger partial charge in [-0.05, 0) is 50.7 Å². The standard InChI is InChI=1S/C17H27NO/c1-3-6-14-9-11-15(12-10-14)18-16-7-5-8-17(13-16)19-4-2/h5,7-8,13-15,18H,3-4,6,9-12H2,1-2H3. The fraction of sp³-hybridized carbons (Fsp3) is 0.647. The number of hydrogen-bond donors (Lipinski definition) is 1. The molecule has 0 atom stereocenters. The SMILES string of the molecule is CCCC1CCC(Nc2cccc(OCC)c2)CC1. The van der Waals surface area contributed by atoms with E-state index in [4.69, 9.17) is 4.74 Å². The van der Waals surface area contributed by atoms with Crippen LogP contribution in [0, 0.1) is 5.92 Å². The average molecular weight is 261 g/mol. The van der Waals surface area contributed by atoms with Crippen molar-refractivity contribution in [3.05, 3.63) is 24.3 Å². The number of anilines is 1. The minimum atomic E-state index is 0.644. The van der Waals surface area contributed by atoms with Crippen LogP contribution >= 0.6 is 0 Å². The Bertz CT molecular complexity index is 369. The highest BCUT2D eigenvalue weighted by molar-refractivity contribution is 5.48. The first kappa shape index (κ1) is 14.2. The molecular formula is C17H27NO. The fourth-order valence-corrected chi connectivity index (χ4v) is 3.08. The van der Waals surface area contributed by atoms with E-state index in [-0.39, 0.29) is 0 Å². The van der Waals surface area contributed by atoms with E-state index >= 15 is 0 Å². The van der Waals surface area contributed by atoms with Crippen molar-refractivity contribution in [2.75, 3.05) is 11.9 Å². The van der Waals surface area contributed by atoms with Gasteiger partial charge >= 0.3 is 0 Å². The van der Waals surface area contributed by atoms with E-state index in [9.17, 15) is 0 Å². The summed E-state index contributed by atoms with van der Waals surface area (Å²) in [6.45, 7) is 5.05. The molecule has 0 unspecified atom stereocenters. The molecule has 1 fully saturated rings. The predicted octanol–water partition coefficient (Wildman–Crippen LogP) is 4.86. The Balaban J connectivity index is 1.83. The zero-order valence-electron chi connectivity index (χ0n) is 12.3. The maximum Gasteiger partial charge on any atom is 0.121 e. The van der Waals surface area contributed by atoms with E-state index in [0.717, 1.165) is 18.3 Å². The molecule has 2 heteroatoms. The largest absolute Gasteiger partial charge is 0.494 e. The summed E-state index contributed by atoms with van der Waals surface area (Å²) in [5.41, 5.74) is 1.20. The van der Waals surface area contributed by atoms with E-state index in [1.807, 2.05) is 13.0 Å². The van der Waals surface area contributed by atoms with E-state index in [0.29, 0.717) is 6.04 Å². The minimum Gasteiger partial charge on any atom is -0.494 e. The molecule has 0 amide bonds. The van der Waals surface area contributed by atoms with E-state index in [1.54, 1.807) is 0 Å². The van der Waals surface area contributed by atoms with Gasteiger partial charge in [-0.25, -0.2) is 0 Å². The van der Waals surface area contributed by atoms with E-state index in [2.05, 4.69) is 30.4 Å². The lowest BCUT2D eigenvalue weighted by atomic mass is 9.83. The van der Waals surface area contributed by atoms with E-state index in [1.165, 1.54) is 44.2 Å². The highest BCUT2D eigenvalue weighted by Gasteiger charge is 2.20. The normalized spacial score (nSPS) is 23.1. The monoisotopic (exact) mass is 261 g/mol. The fourth-order valence-electron chi connectivity index (χ4n) is 3.08. The van der Waals surface area contributed by atoms with Crippen molar-refractivity contribution in [2.45, 2.75) is 58.4 Å². The summed E-state index contributed by atoms with van der Waals surface area (Å²) in [6, 6.07) is 8.98. The third kappa shape index (κ3) is 4.45. The molecule has 2 nitrogen and oxygen atoms in total. The van der Waals surface area contributed by atoms with Gasteiger partial charge in [-0.2, -0.15) is 0 Å². The van der Waals surface area contributed by atoms with Crippen molar-refractivity contribution in [3.63, 3.8) is 0 Å². The Labute approximate surface area is 117 Å². The number of ether oxygens (including phenoxy) is 1. The van der Waals surface area contributed by atoms with Crippen LogP contribution in [0.1, 0.15) is 52.4 Å². The number of nitrogens with one attached hydrogen (secondary N) is 1. The molecule has 1 aromatic rings. The molecule has 0 saturated heterocycles. The van der Waals surface area contributed by atoms with Gasteiger partial charge in [0.15, 0.2) is 0 Å². The Morgan fingerprint density at radius 1 is 1.16 bits per heavy atom. The zero-order valence-corrected chi connectivity index (χ0v) is 12.3. The molecule has 0 heterocycles. The molecule has 2 rings (SSSR count). The smallest absolute Gasteiger partial charge is 0.121 e. The number of rotatable bonds is 6. The Morgan fingerprint density at radius 3 is 2.63 bits per heavy atom. The minimum absolute atomic E-state index is 0.644. The maximum atomic E-state index is 5.54. The summed E-state index contributed by atoms with van der Waals surface area (Å²) >= 11 is 0. The van der Waals surface area contributed by atoms with Crippen LogP contribution in [-0.2, 0) is 0 Å². The predicted molar refractivity (Wildman–Crippen MR) is 81.9 cm³/mol. The van der Waals surface area contributed by atoms with Crippen molar-refractivity contribution in [1.29, 1.82) is 0 Å². The van der Waals surface area contributed by atoms with Gasteiger partial charge in [0.2, 0.25) is 0 Å². The topological polar surface area (TPSA) is 21.3 Å². The molecule has 1 saturated carbocycles. The summed E-state index contributed by atoms with van der Waals surface area (Å²) < 4.78 is 5.54. The second kappa shape index (κ2) is 7.42. The van der Waals surface area contributed by atoms with Gasteiger partial charge in [-0.1, -0.05) is 25.8 Å². The summed E-state index contributed by atoms with van der Waals surface area (Å²) in [5, 5.41) is 3.66. The van der Waals surface area contributed by atoms with Crippen LogP contribution in [0.5, 0.6) is 5.75 Å². The van der Waals surface area contributed by atoms with Gasteiger partial charge in [-0.15, -0.1) is 0 Å². The highest BCUT2D eigenvalue weighted by Crippen LogP contribution is 2.30. The Morgan fingerprint density at radius 2 is 1.95 bits per heavy atom. The van der Waals surface area contributed by atoms with Crippen LogP contribution in [-0.4, -0.2) is 12.6 Å². The average Bonchev–Trinajstić information content (AvgIpc) is 2.42. The van der Waals surface area contributed by atoms with Gasteiger partial charge in [0, 0.05) is 17.8 Å². The molecular weight excluding hydrogens is 234 g/mol. The van der Waals surface area contributed by atoms with Crippen molar-refractivity contribution >= 4 is 5.69 Å². The molecule has 106 valence electrons. The molecule has 0 spiro atoms. The van der Waals surface area contributed by atoms with Crippen LogP contribution in [0.15, 0.2) is 24.3 Å². The van der Waals surface area contributed by atoms with Crippen LogP contribution < -0.4 is 10.1 Å². The van der Waals surface area contributed by atoms with Gasteiger partial charge < -0.3 is 10.1 Å². The zero-order chi connectivity index (χ0) is 13.5. The first-order valence-corrected chi connectivity index (χ1v) is 7.81.